The Balaban J connectivity index is 2.00. The molecule has 4 aromatic rings. The summed E-state index contributed by atoms with van der Waals surface area (Å²) in [7, 11) is 0. The van der Waals surface area contributed by atoms with Crippen LogP contribution in [0.3, 0.4) is 0 Å². The Morgan fingerprint density at radius 3 is 3.00 bits per heavy atom. The molecule has 86 valence electrons. The molecule has 0 radical (unpaired) electrons. The van der Waals surface area contributed by atoms with Crippen molar-refractivity contribution in [3.05, 3.63) is 61.3 Å². The number of aromatic nitrogens is 2. The zero-order valence-electron chi connectivity index (χ0n) is 9.58. The topological polar surface area (TPSA) is 30.4 Å². The molecule has 0 bridgehead atoms. The van der Waals surface area contributed by atoms with Gasteiger partial charge < -0.3 is 8.82 Å². The van der Waals surface area contributed by atoms with E-state index in [9.17, 15) is 0 Å². The Morgan fingerprint density at radius 1 is 1.06 bits per heavy atom. The first-order valence-corrected chi connectivity index (χ1v) is 5.81. The first-order valence-electron chi connectivity index (χ1n) is 5.81. The predicted octanol–water partition coefficient (Wildman–Crippen LogP) is 3.75. The molecule has 4 rings (SSSR count). The molecular weight excluding hydrogens is 224 g/mol. The van der Waals surface area contributed by atoms with Crippen LogP contribution in [0.2, 0.25) is 0 Å². The highest BCUT2D eigenvalue weighted by Gasteiger charge is 2.07. The van der Waals surface area contributed by atoms with Gasteiger partial charge in [-0.15, -0.1) is 0 Å². The van der Waals surface area contributed by atoms with Crippen molar-refractivity contribution in [2.24, 2.45) is 0 Å². The van der Waals surface area contributed by atoms with Crippen LogP contribution in [0.1, 0.15) is 0 Å². The van der Waals surface area contributed by atoms with Crippen molar-refractivity contribution in [2.45, 2.75) is 0 Å². The molecule has 0 N–H and O–H groups in total. The average molecular weight is 234 g/mol. The molecule has 1 aromatic carbocycles. The van der Waals surface area contributed by atoms with Gasteiger partial charge in [0.15, 0.2) is 0 Å². The van der Waals surface area contributed by atoms with E-state index >= 15 is 0 Å². The summed E-state index contributed by atoms with van der Waals surface area (Å²) in [5.41, 5.74) is 4.11. The van der Waals surface area contributed by atoms with Crippen LogP contribution in [0.5, 0.6) is 0 Å². The maximum atomic E-state index is 5.57. The van der Waals surface area contributed by atoms with Gasteiger partial charge in [0.1, 0.15) is 11.2 Å². The average Bonchev–Trinajstić information content (AvgIpc) is 3.04. The van der Waals surface area contributed by atoms with Gasteiger partial charge in [-0.25, -0.2) is 4.98 Å². The number of nitrogens with zero attached hydrogens (tertiary/aromatic N) is 2. The van der Waals surface area contributed by atoms with Crippen molar-refractivity contribution in [3.8, 4) is 11.1 Å². The van der Waals surface area contributed by atoms with Crippen molar-refractivity contribution < 1.29 is 4.42 Å². The Hall–Kier alpha value is -2.55. The fraction of sp³-hybridized carbons (Fsp3) is 0. The number of benzene rings is 1. The van der Waals surface area contributed by atoms with Gasteiger partial charge in [-0.3, -0.25) is 0 Å². The van der Waals surface area contributed by atoms with Gasteiger partial charge in [0.25, 0.3) is 0 Å². The molecular formula is C15H10N2O. The minimum absolute atomic E-state index is 0.915. The van der Waals surface area contributed by atoms with Gasteiger partial charge in [0.2, 0.25) is 0 Å². The van der Waals surface area contributed by atoms with E-state index in [0.29, 0.717) is 0 Å². The molecule has 0 aliphatic carbocycles. The molecule has 0 aliphatic rings. The minimum Gasteiger partial charge on any atom is -0.464 e. The van der Waals surface area contributed by atoms with E-state index < -0.39 is 0 Å². The van der Waals surface area contributed by atoms with E-state index in [-0.39, 0.29) is 0 Å². The van der Waals surface area contributed by atoms with Crippen LogP contribution in [-0.2, 0) is 0 Å². The molecule has 0 saturated heterocycles. The number of rotatable bonds is 1. The van der Waals surface area contributed by atoms with E-state index in [2.05, 4.69) is 23.3 Å². The Morgan fingerprint density at radius 2 is 2.00 bits per heavy atom. The van der Waals surface area contributed by atoms with Crippen LogP contribution in [-0.4, -0.2) is 9.38 Å². The number of hydrogen-bond donors (Lipinski definition) is 0. The molecule has 3 heterocycles. The molecule has 3 aromatic heterocycles. The monoisotopic (exact) mass is 234 g/mol. The maximum Gasteiger partial charge on any atom is 0.136 e. The van der Waals surface area contributed by atoms with Crippen LogP contribution >= 0.6 is 0 Å². The van der Waals surface area contributed by atoms with Gasteiger partial charge >= 0.3 is 0 Å². The smallest absolute Gasteiger partial charge is 0.136 e. The second kappa shape index (κ2) is 3.47. The SMILES string of the molecule is c1ccc2c(-c3ccc4nccn4c3)coc2c1. The molecule has 0 unspecified atom stereocenters. The van der Waals surface area contributed by atoms with Crippen molar-refractivity contribution in [3.63, 3.8) is 0 Å². The number of imidazole rings is 1. The summed E-state index contributed by atoms with van der Waals surface area (Å²) in [5, 5.41) is 1.14. The minimum atomic E-state index is 0.915. The molecule has 0 atom stereocenters. The molecule has 3 nitrogen and oxygen atoms in total. The fourth-order valence-electron chi connectivity index (χ4n) is 2.28. The van der Waals surface area contributed by atoms with Crippen molar-refractivity contribution in [1.29, 1.82) is 0 Å². The Labute approximate surface area is 103 Å². The van der Waals surface area contributed by atoms with E-state index in [0.717, 1.165) is 27.7 Å². The molecule has 3 heteroatoms. The largest absolute Gasteiger partial charge is 0.464 e. The first-order chi connectivity index (χ1) is 8.92. The zero-order valence-corrected chi connectivity index (χ0v) is 9.58. The third-order valence-corrected chi connectivity index (χ3v) is 3.18. The van der Waals surface area contributed by atoms with Gasteiger partial charge in [0, 0.05) is 35.1 Å². The second-order valence-electron chi connectivity index (χ2n) is 4.26. The second-order valence-corrected chi connectivity index (χ2v) is 4.26. The third kappa shape index (κ3) is 1.27. The van der Waals surface area contributed by atoms with Crippen LogP contribution < -0.4 is 0 Å². The number of hydrogen-bond acceptors (Lipinski definition) is 2. The molecule has 18 heavy (non-hydrogen) atoms. The standard InChI is InChI=1S/C15H10N2O/c1-2-4-14-12(3-1)13(10-18-14)11-5-6-15-16-7-8-17(15)9-11/h1-10H. The van der Waals surface area contributed by atoms with Crippen LogP contribution in [0, 0.1) is 0 Å². The highest BCUT2D eigenvalue weighted by molar-refractivity contribution is 5.93. The van der Waals surface area contributed by atoms with E-state index in [1.807, 2.05) is 41.1 Å². The fourth-order valence-corrected chi connectivity index (χ4v) is 2.28. The summed E-state index contributed by atoms with van der Waals surface area (Å²) >= 11 is 0. The summed E-state index contributed by atoms with van der Waals surface area (Å²) in [6.45, 7) is 0. The van der Waals surface area contributed by atoms with E-state index in [4.69, 9.17) is 4.42 Å². The predicted molar refractivity (Wildman–Crippen MR) is 70.4 cm³/mol. The van der Waals surface area contributed by atoms with Crippen molar-refractivity contribution in [1.82, 2.24) is 9.38 Å². The Bertz CT molecular complexity index is 842. The van der Waals surface area contributed by atoms with Gasteiger partial charge in [-0.05, 0) is 18.2 Å². The quantitative estimate of drug-likeness (QED) is 0.502. The van der Waals surface area contributed by atoms with E-state index in [1.54, 1.807) is 6.20 Å². The van der Waals surface area contributed by atoms with Crippen LogP contribution in [0.25, 0.3) is 27.7 Å². The van der Waals surface area contributed by atoms with Gasteiger partial charge in [-0.1, -0.05) is 18.2 Å². The molecule has 0 fully saturated rings. The lowest BCUT2D eigenvalue weighted by molar-refractivity contribution is 0.617. The lowest BCUT2D eigenvalue weighted by Crippen LogP contribution is -1.84. The number of para-hydroxylation sites is 1. The van der Waals surface area contributed by atoms with Gasteiger partial charge in [0.05, 0.1) is 6.26 Å². The van der Waals surface area contributed by atoms with Crippen LogP contribution in [0.4, 0.5) is 0 Å². The summed E-state index contributed by atoms with van der Waals surface area (Å²) in [6.07, 6.45) is 7.62. The summed E-state index contributed by atoms with van der Waals surface area (Å²) in [6, 6.07) is 12.1. The molecule has 0 saturated carbocycles. The maximum absolute atomic E-state index is 5.57. The molecule has 0 aliphatic heterocycles. The van der Waals surface area contributed by atoms with E-state index in [1.165, 1.54) is 0 Å². The first kappa shape index (κ1) is 9.48. The highest BCUT2D eigenvalue weighted by Crippen LogP contribution is 2.30. The Kier molecular flexibility index (Phi) is 1.83. The summed E-state index contributed by atoms with van der Waals surface area (Å²) in [5.74, 6) is 0. The number of pyridine rings is 1. The lowest BCUT2D eigenvalue weighted by atomic mass is 10.1. The number of fused-ring (bicyclic) bond motifs is 2. The normalized spacial score (nSPS) is 11.3. The van der Waals surface area contributed by atoms with Gasteiger partial charge in [-0.2, -0.15) is 0 Å². The summed E-state index contributed by atoms with van der Waals surface area (Å²) < 4.78 is 7.58. The van der Waals surface area contributed by atoms with Crippen molar-refractivity contribution >= 4 is 16.6 Å². The highest BCUT2D eigenvalue weighted by atomic mass is 16.3. The van der Waals surface area contributed by atoms with Crippen LogP contribution in [0.15, 0.2) is 65.7 Å². The molecule has 0 spiro atoms. The lowest BCUT2D eigenvalue weighted by Gasteiger charge is -2.00. The third-order valence-electron chi connectivity index (χ3n) is 3.18. The summed E-state index contributed by atoms with van der Waals surface area (Å²) in [4.78, 5) is 4.24. The zero-order chi connectivity index (χ0) is 11.9. The molecule has 0 amide bonds. The number of furan rings is 1. The van der Waals surface area contributed by atoms with Crippen molar-refractivity contribution in [2.75, 3.05) is 0 Å².